The summed E-state index contributed by atoms with van der Waals surface area (Å²) < 4.78 is 0. The lowest BCUT2D eigenvalue weighted by Gasteiger charge is -2.16. The number of aliphatic hydroxyl groups excluding tert-OH is 1. The number of aliphatic hydroxyl groups is 1. The van der Waals surface area contributed by atoms with Crippen LogP contribution in [0.1, 0.15) is 129 Å². The third-order valence-electron chi connectivity index (χ3n) is 6.08. The number of hydrogen-bond donors (Lipinski definition) is 4. The van der Waals surface area contributed by atoms with Crippen molar-refractivity contribution >= 4 is 11.9 Å². The minimum absolute atomic E-state index is 0.00188. The number of unbranched alkanes of at least 4 members (excludes halogenated alkanes) is 14. The van der Waals surface area contributed by atoms with Gasteiger partial charge in [-0.1, -0.05) is 96.8 Å². The van der Waals surface area contributed by atoms with Gasteiger partial charge in [-0.15, -0.1) is 0 Å². The van der Waals surface area contributed by atoms with E-state index in [2.05, 4.69) is 17.6 Å². The summed E-state index contributed by atoms with van der Waals surface area (Å²) in [4.78, 5) is 23.4. The zero-order valence-electron chi connectivity index (χ0n) is 21.0. The molecule has 0 saturated carbocycles. The number of nitrogens with one attached hydrogen (secondary N) is 2. The highest BCUT2D eigenvalue weighted by Crippen LogP contribution is 2.13. The summed E-state index contributed by atoms with van der Waals surface area (Å²) in [5, 5.41) is 24.0. The molecular formula is C26H52N2O4. The Morgan fingerprint density at radius 2 is 1.22 bits per heavy atom. The first-order chi connectivity index (χ1) is 15.5. The Kier molecular flexibility index (Phi) is 22.2. The van der Waals surface area contributed by atoms with Gasteiger partial charge in [0.2, 0.25) is 5.91 Å². The van der Waals surface area contributed by atoms with Gasteiger partial charge in [0.1, 0.15) is 6.04 Å². The summed E-state index contributed by atoms with van der Waals surface area (Å²) in [6, 6.07) is -0.831. The molecule has 0 radical (unpaired) electrons. The van der Waals surface area contributed by atoms with Crippen molar-refractivity contribution in [1.82, 2.24) is 10.6 Å². The highest BCUT2D eigenvalue weighted by molar-refractivity contribution is 5.83. The second-order valence-electron chi connectivity index (χ2n) is 9.34. The summed E-state index contributed by atoms with van der Waals surface area (Å²) in [5.74, 6) is -1.14. The Morgan fingerprint density at radius 1 is 0.750 bits per heavy atom. The number of carbonyl (C=O) groups excluding carboxylic acids is 1. The van der Waals surface area contributed by atoms with E-state index in [1.807, 2.05) is 6.92 Å². The maximum Gasteiger partial charge on any atom is 0.326 e. The van der Waals surface area contributed by atoms with Crippen molar-refractivity contribution in [2.75, 3.05) is 13.2 Å². The third kappa shape index (κ3) is 20.7. The van der Waals surface area contributed by atoms with Crippen molar-refractivity contribution in [1.29, 1.82) is 0 Å². The molecule has 0 aliphatic carbocycles. The lowest BCUT2D eigenvalue weighted by molar-refractivity contribution is -0.142. The summed E-state index contributed by atoms with van der Waals surface area (Å²) in [6.07, 6.45) is 20.7. The SMILES string of the molecule is CCCCCCCCCCCCCCCCCC(=O)N[C@@H](CCCNC(C)CO)C(=O)O. The maximum absolute atomic E-state index is 12.1. The van der Waals surface area contributed by atoms with Gasteiger partial charge in [0, 0.05) is 12.5 Å². The topological polar surface area (TPSA) is 98.7 Å². The summed E-state index contributed by atoms with van der Waals surface area (Å²) in [5.41, 5.74) is 0. The second kappa shape index (κ2) is 23.0. The monoisotopic (exact) mass is 456 g/mol. The molecule has 0 aliphatic heterocycles. The number of aliphatic carboxylic acids is 1. The average molecular weight is 457 g/mol. The summed E-state index contributed by atoms with van der Waals surface area (Å²) in [6.45, 7) is 4.81. The molecule has 2 atom stereocenters. The van der Waals surface area contributed by atoms with Crippen molar-refractivity contribution in [2.24, 2.45) is 0 Å². The van der Waals surface area contributed by atoms with E-state index in [1.54, 1.807) is 0 Å². The van der Waals surface area contributed by atoms with E-state index < -0.39 is 12.0 Å². The van der Waals surface area contributed by atoms with Crippen LogP contribution in [-0.2, 0) is 9.59 Å². The van der Waals surface area contributed by atoms with Gasteiger partial charge in [0.15, 0.2) is 0 Å². The van der Waals surface area contributed by atoms with Crippen LogP contribution in [0.15, 0.2) is 0 Å². The molecule has 0 fully saturated rings. The van der Waals surface area contributed by atoms with Crippen molar-refractivity contribution in [3.63, 3.8) is 0 Å². The highest BCUT2D eigenvalue weighted by atomic mass is 16.4. The van der Waals surface area contributed by atoms with Crippen molar-refractivity contribution in [2.45, 2.75) is 142 Å². The van der Waals surface area contributed by atoms with Gasteiger partial charge in [-0.2, -0.15) is 0 Å². The Bertz CT molecular complexity index is 446. The normalized spacial score (nSPS) is 13.1. The Labute approximate surface area is 197 Å². The standard InChI is InChI=1S/C26H52N2O4/c1-3-4-5-6-7-8-9-10-11-12-13-14-15-16-17-20-25(30)28-24(26(31)32)19-18-21-27-23(2)22-29/h23-24,27,29H,3-22H2,1-2H3,(H,28,30)(H,31,32)/t23?,24-/m0/s1. The second-order valence-corrected chi connectivity index (χ2v) is 9.34. The Balaban J connectivity index is 3.54. The van der Waals surface area contributed by atoms with Crippen molar-refractivity contribution in [3.8, 4) is 0 Å². The van der Waals surface area contributed by atoms with E-state index in [4.69, 9.17) is 5.11 Å². The first kappa shape index (κ1) is 30.9. The molecule has 4 N–H and O–H groups in total. The fourth-order valence-corrected chi connectivity index (χ4v) is 3.90. The summed E-state index contributed by atoms with van der Waals surface area (Å²) in [7, 11) is 0. The number of hydrogen-bond acceptors (Lipinski definition) is 4. The first-order valence-electron chi connectivity index (χ1n) is 13.4. The molecule has 1 unspecified atom stereocenters. The quantitative estimate of drug-likeness (QED) is 0.142. The maximum atomic E-state index is 12.1. The fourth-order valence-electron chi connectivity index (χ4n) is 3.90. The molecule has 1 amide bonds. The van der Waals surface area contributed by atoms with Crippen LogP contribution in [0.25, 0.3) is 0 Å². The Hall–Kier alpha value is -1.14. The molecule has 0 bridgehead atoms. The van der Waals surface area contributed by atoms with Gasteiger partial charge < -0.3 is 20.8 Å². The van der Waals surface area contributed by atoms with Crippen LogP contribution in [0, 0.1) is 0 Å². The van der Waals surface area contributed by atoms with Gasteiger partial charge in [-0.05, 0) is 32.7 Å². The highest BCUT2D eigenvalue weighted by Gasteiger charge is 2.19. The molecule has 6 nitrogen and oxygen atoms in total. The minimum Gasteiger partial charge on any atom is -0.480 e. The molecule has 0 aromatic carbocycles. The van der Waals surface area contributed by atoms with E-state index >= 15 is 0 Å². The van der Waals surface area contributed by atoms with Crippen LogP contribution in [-0.4, -0.2) is 47.3 Å². The van der Waals surface area contributed by atoms with Crippen LogP contribution in [0.4, 0.5) is 0 Å². The van der Waals surface area contributed by atoms with E-state index in [-0.39, 0.29) is 18.6 Å². The van der Waals surface area contributed by atoms with Gasteiger partial charge in [0.05, 0.1) is 6.61 Å². The third-order valence-corrected chi connectivity index (χ3v) is 6.08. The van der Waals surface area contributed by atoms with Gasteiger partial charge in [-0.3, -0.25) is 4.79 Å². The molecule has 190 valence electrons. The minimum atomic E-state index is -0.981. The molecular weight excluding hydrogens is 404 g/mol. The molecule has 0 aromatic rings. The molecule has 0 rings (SSSR count). The van der Waals surface area contributed by atoms with E-state index in [0.717, 1.165) is 19.3 Å². The van der Waals surface area contributed by atoms with Crippen molar-refractivity contribution in [3.05, 3.63) is 0 Å². The predicted octanol–water partition coefficient (Wildman–Crippen LogP) is 5.57. The van der Waals surface area contributed by atoms with Crippen LogP contribution < -0.4 is 10.6 Å². The average Bonchev–Trinajstić information content (AvgIpc) is 2.78. The number of rotatable bonds is 24. The predicted molar refractivity (Wildman–Crippen MR) is 133 cm³/mol. The van der Waals surface area contributed by atoms with E-state index in [9.17, 15) is 14.7 Å². The van der Waals surface area contributed by atoms with Gasteiger partial charge in [-0.25, -0.2) is 4.79 Å². The van der Waals surface area contributed by atoms with Crippen LogP contribution >= 0.6 is 0 Å². The molecule has 32 heavy (non-hydrogen) atoms. The number of amides is 1. The zero-order valence-corrected chi connectivity index (χ0v) is 21.0. The molecule has 0 aliphatic rings. The Morgan fingerprint density at radius 3 is 1.66 bits per heavy atom. The van der Waals surface area contributed by atoms with E-state index in [1.165, 1.54) is 77.0 Å². The largest absolute Gasteiger partial charge is 0.480 e. The van der Waals surface area contributed by atoms with Crippen molar-refractivity contribution < 1.29 is 19.8 Å². The lowest BCUT2D eigenvalue weighted by atomic mass is 10.0. The number of carboxylic acids is 1. The number of carbonyl (C=O) groups is 2. The zero-order chi connectivity index (χ0) is 23.9. The van der Waals surface area contributed by atoms with Crippen LogP contribution in [0.5, 0.6) is 0 Å². The smallest absolute Gasteiger partial charge is 0.326 e. The van der Waals surface area contributed by atoms with Crippen LogP contribution in [0.3, 0.4) is 0 Å². The molecule has 6 heteroatoms. The van der Waals surface area contributed by atoms with E-state index in [0.29, 0.717) is 25.8 Å². The van der Waals surface area contributed by atoms with Crippen LogP contribution in [0.2, 0.25) is 0 Å². The number of carboxylic acid groups (broad SMARTS) is 1. The fraction of sp³-hybridized carbons (Fsp3) is 0.923. The summed E-state index contributed by atoms with van der Waals surface area (Å²) >= 11 is 0. The van der Waals surface area contributed by atoms with Gasteiger partial charge in [0.25, 0.3) is 0 Å². The van der Waals surface area contributed by atoms with Gasteiger partial charge >= 0.3 is 5.97 Å². The molecule has 0 saturated heterocycles. The molecule has 0 spiro atoms. The molecule has 0 aromatic heterocycles. The lowest BCUT2D eigenvalue weighted by Crippen LogP contribution is -2.41. The first-order valence-corrected chi connectivity index (χ1v) is 13.4. The molecule has 0 heterocycles.